The highest BCUT2D eigenvalue weighted by atomic mass is 32.2. The minimum absolute atomic E-state index is 0.215. The van der Waals surface area contributed by atoms with Crippen LogP contribution in [0.2, 0.25) is 0 Å². The Kier molecular flexibility index (Phi) is 5.59. The Morgan fingerprint density at radius 2 is 1.15 bits per heavy atom. The number of nitrogens with one attached hydrogen (secondary N) is 2. The zero-order chi connectivity index (χ0) is 27.3. The zero-order valence-corrected chi connectivity index (χ0v) is 21.9. The van der Waals surface area contributed by atoms with Crippen molar-refractivity contribution in [2.75, 3.05) is 0 Å². The lowest BCUT2D eigenvalue weighted by Crippen LogP contribution is -1.95. The fourth-order valence-electron chi connectivity index (χ4n) is 5.13. The Labute approximate surface area is 230 Å². The van der Waals surface area contributed by atoms with E-state index in [9.17, 15) is 13.0 Å². The van der Waals surface area contributed by atoms with Gasteiger partial charge in [-0.05, 0) is 65.7 Å². The van der Waals surface area contributed by atoms with Gasteiger partial charge < -0.3 is 9.97 Å². The van der Waals surface area contributed by atoms with E-state index in [0.29, 0.717) is 16.7 Å². The Bertz CT molecular complexity index is 2130. The van der Waals surface area contributed by atoms with Crippen LogP contribution < -0.4 is 0 Å². The van der Waals surface area contributed by atoms with Crippen LogP contribution >= 0.6 is 0 Å². The van der Waals surface area contributed by atoms with Gasteiger partial charge in [0, 0.05) is 27.7 Å². The summed E-state index contributed by atoms with van der Waals surface area (Å²) in [5.74, 6) is 0. The molecule has 3 N–H and O–H groups in total. The molecule has 2 aliphatic rings. The minimum Gasteiger partial charge on any atom is -0.355 e. The fraction of sp³-hybridized carbons (Fsp3) is 0. The molecule has 5 heterocycles. The highest BCUT2D eigenvalue weighted by molar-refractivity contribution is 7.86. The maximum absolute atomic E-state index is 12.3. The lowest BCUT2D eigenvalue weighted by molar-refractivity contribution is 0.484. The Balaban J connectivity index is 1.64. The quantitative estimate of drug-likeness (QED) is 0.214. The van der Waals surface area contributed by atoms with E-state index in [1.165, 1.54) is 6.07 Å². The lowest BCUT2D eigenvalue weighted by atomic mass is 9.92. The van der Waals surface area contributed by atoms with Crippen LogP contribution in [0.15, 0.2) is 108 Å². The summed E-state index contributed by atoms with van der Waals surface area (Å²) in [4.78, 5) is 16.0. The van der Waals surface area contributed by atoms with Gasteiger partial charge in [0.15, 0.2) is 0 Å². The smallest absolute Gasteiger partial charge is 0.296 e. The molecule has 0 atom stereocenters. The minimum atomic E-state index is -4.50. The first-order valence-electron chi connectivity index (χ1n) is 12.6. The molecule has 0 saturated heterocycles. The van der Waals surface area contributed by atoms with Gasteiger partial charge in [-0.25, -0.2) is 9.97 Å². The van der Waals surface area contributed by atoms with E-state index >= 15 is 0 Å². The number of hydrogen-bond acceptors (Lipinski definition) is 4. The lowest BCUT2D eigenvalue weighted by Gasteiger charge is -2.09. The molecule has 5 aromatic rings. The molecule has 2 aliphatic heterocycles. The highest BCUT2D eigenvalue weighted by Crippen LogP contribution is 2.39. The molecule has 194 valence electrons. The maximum Gasteiger partial charge on any atom is 0.296 e. The molecule has 7 nitrogen and oxygen atoms in total. The number of aromatic nitrogens is 4. The van der Waals surface area contributed by atoms with Gasteiger partial charge in [-0.2, -0.15) is 8.42 Å². The second-order valence-corrected chi connectivity index (χ2v) is 11.0. The molecule has 2 aromatic carbocycles. The van der Waals surface area contributed by atoms with Crippen LogP contribution in [0.3, 0.4) is 0 Å². The topological polar surface area (TPSA) is 112 Å². The van der Waals surface area contributed by atoms with Crippen LogP contribution in [0.5, 0.6) is 0 Å². The number of fused-ring (bicyclic) bond motifs is 8. The molecule has 0 spiro atoms. The largest absolute Gasteiger partial charge is 0.355 e. The Morgan fingerprint density at radius 3 is 1.77 bits per heavy atom. The van der Waals surface area contributed by atoms with Crippen molar-refractivity contribution in [3.8, 4) is 0 Å². The molecule has 3 aromatic heterocycles. The maximum atomic E-state index is 12.3. The SMILES string of the molecule is O=S(=O)(O)c1cc2cc3nc(cc4nc(cc5ccc(cc1[nH]2)[nH]5)C=C4)C(c1ccccc1)=C3c1ccccc1. The van der Waals surface area contributed by atoms with Crippen molar-refractivity contribution in [1.82, 2.24) is 19.9 Å². The average Bonchev–Trinajstić information content (AvgIpc) is 3.73. The number of benzene rings is 2. The molecule has 0 unspecified atom stereocenters. The zero-order valence-electron chi connectivity index (χ0n) is 21.0. The van der Waals surface area contributed by atoms with Crippen LogP contribution in [0.4, 0.5) is 0 Å². The van der Waals surface area contributed by atoms with Gasteiger partial charge >= 0.3 is 0 Å². The van der Waals surface area contributed by atoms with Gasteiger partial charge in [-0.1, -0.05) is 60.7 Å². The van der Waals surface area contributed by atoms with Crippen molar-refractivity contribution in [2.45, 2.75) is 4.90 Å². The number of hydrogen-bond donors (Lipinski definition) is 3. The monoisotopic (exact) mass is 542 g/mol. The van der Waals surface area contributed by atoms with Crippen LogP contribution in [-0.2, 0) is 10.1 Å². The summed E-state index contributed by atoms with van der Waals surface area (Å²) in [6.07, 6.45) is 3.90. The Morgan fingerprint density at radius 1 is 0.575 bits per heavy atom. The molecule has 8 heteroatoms. The van der Waals surface area contributed by atoms with E-state index in [0.717, 1.165) is 44.9 Å². The molecule has 0 aliphatic carbocycles. The normalized spacial score (nSPS) is 13.1. The van der Waals surface area contributed by atoms with Gasteiger partial charge in [0.1, 0.15) is 4.90 Å². The van der Waals surface area contributed by atoms with Crippen molar-refractivity contribution in [3.63, 3.8) is 0 Å². The summed E-state index contributed by atoms with van der Waals surface area (Å²) in [5, 5.41) is 0. The third kappa shape index (κ3) is 4.45. The van der Waals surface area contributed by atoms with Crippen molar-refractivity contribution in [1.29, 1.82) is 0 Å². The Hall–Kier alpha value is -5.05. The second kappa shape index (κ2) is 9.30. The van der Waals surface area contributed by atoms with Crippen LogP contribution in [0.25, 0.3) is 45.4 Å². The number of rotatable bonds is 3. The summed E-state index contributed by atoms with van der Waals surface area (Å²) in [5.41, 5.74) is 8.96. The molecular formula is C32H22N4O3S. The number of nitrogens with zero attached hydrogens (tertiary/aromatic N) is 2. The van der Waals surface area contributed by atoms with Crippen molar-refractivity contribution in [2.24, 2.45) is 0 Å². The molecule has 40 heavy (non-hydrogen) atoms. The third-order valence-corrected chi connectivity index (χ3v) is 7.72. The molecule has 0 saturated carbocycles. The van der Waals surface area contributed by atoms with E-state index in [1.807, 2.05) is 103 Å². The predicted molar refractivity (Wildman–Crippen MR) is 158 cm³/mol. The molecular weight excluding hydrogens is 520 g/mol. The number of H-pyrrole nitrogens is 2. The van der Waals surface area contributed by atoms with Crippen molar-refractivity contribution < 1.29 is 13.0 Å². The second-order valence-electron chi connectivity index (χ2n) is 9.58. The molecule has 0 radical (unpaired) electrons. The summed E-state index contributed by atoms with van der Waals surface area (Å²) in [7, 11) is -4.50. The average molecular weight is 543 g/mol. The van der Waals surface area contributed by atoms with E-state index in [2.05, 4.69) is 9.97 Å². The summed E-state index contributed by atoms with van der Waals surface area (Å²) < 4.78 is 34.7. The predicted octanol–water partition coefficient (Wildman–Crippen LogP) is 6.74. The molecule has 0 fully saturated rings. The molecule has 7 rings (SSSR count). The third-order valence-electron chi connectivity index (χ3n) is 6.83. The first kappa shape index (κ1) is 24.0. The highest BCUT2D eigenvalue weighted by Gasteiger charge is 2.24. The van der Waals surface area contributed by atoms with Crippen molar-refractivity contribution in [3.05, 3.63) is 137 Å². The van der Waals surface area contributed by atoms with E-state index in [4.69, 9.17) is 9.97 Å². The van der Waals surface area contributed by atoms with E-state index in [1.54, 1.807) is 6.07 Å². The van der Waals surface area contributed by atoms with Crippen LogP contribution in [0.1, 0.15) is 33.9 Å². The van der Waals surface area contributed by atoms with Crippen LogP contribution in [0, 0.1) is 0 Å². The van der Waals surface area contributed by atoms with Gasteiger partial charge in [0.2, 0.25) is 0 Å². The van der Waals surface area contributed by atoms with Gasteiger partial charge in [0.25, 0.3) is 10.1 Å². The first-order chi connectivity index (χ1) is 19.4. The molecule has 0 amide bonds. The molecule has 8 bridgehead atoms. The van der Waals surface area contributed by atoms with E-state index in [-0.39, 0.29) is 10.4 Å². The summed E-state index contributed by atoms with van der Waals surface area (Å²) >= 11 is 0. The summed E-state index contributed by atoms with van der Waals surface area (Å²) in [6, 6.07) is 32.5. The summed E-state index contributed by atoms with van der Waals surface area (Å²) in [6.45, 7) is 0. The standard InChI is InChI=1S/C32H22N4O3S/c37-40(38,39)30-19-26-18-29-32(21-9-5-2-6-10-21)31(20-7-3-1-4-8-20)28(36-29)17-25-14-12-23(34-25)15-22-11-13-24(33-22)16-27(30)35-26/h1-19,33,35H,(H,37,38,39). The van der Waals surface area contributed by atoms with Gasteiger partial charge in [-0.15, -0.1) is 0 Å². The van der Waals surface area contributed by atoms with Crippen molar-refractivity contribution >= 4 is 55.5 Å². The van der Waals surface area contributed by atoms with E-state index < -0.39 is 10.1 Å². The first-order valence-corrected chi connectivity index (χ1v) is 14.1. The fourth-order valence-corrected chi connectivity index (χ4v) is 5.79. The van der Waals surface area contributed by atoms with Gasteiger partial charge in [0.05, 0.1) is 28.3 Å². The van der Waals surface area contributed by atoms with Crippen LogP contribution in [-0.4, -0.2) is 32.9 Å². The number of aromatic amines is 2. The van der Waals surface area contributed by atoms with Gasteiger partial charge in [-0.3, -0.25) is 4.55 Å².